The van der Waals surface area contributed by atoms with E-state index < -0.39 is 30.1 Å². The average Bonchev–Trinajstić information content (AvgIpc) is 3.38. The number of rotatable bonds is 7. The van der Waals surface area contributed by atoms with E-state index in [4.69, 9.17) is 4.74 Å². The van der Waals surface area contributed by atoms with E-state index in [9.17, 15) is 19.5 Å². The van der Waals surface area contributed by atoms with Crippen LogP contribution >= 0.6 is 0 Å². The Morgan fingerprint density at radius 3 is 2.79 bits per heavy atom. The van der Waals surface area contributed by atoms with Crippen LogP contribution in [0.15, 0.2) is 42.9 Å². The molecular weight excluding hydrogens is 364 g/mol. The van der Waals surface area contributed by atoms with Crippen LogP contribution in [-0.2, 0) is 27.4 Å². The summed E-state index contributed by atoms with van der Waals surface area (Å²) in [6, 6.07) is 7.39. The maximum atomic E-state index is 12.6. The fraction of sp³-hybridized carbons (Fsp3) is 0.368. The number of aromatic nitrogens is 2. The predicted octanol–water partition coefficient (Wildman–Crippen LogP) is 1.32. The molecule has 9 heteroatoms. The molecule has 1 saturated heterocycles. The number of ether oxygens (including phenoxy) is 1. The lowest BCUT2D eigenvalue weighted by Gasteiger charge is -2.25. The molecule has 3 N–H and O–H groups in total. The summed E-state index contributed by atoms with van der Waals surface area (Å²) in [5, 5.41) is 11.9. The van der Waals surface area contributed by atoms with Crippen molar-refractivity contribution in [2.24, 2.45) is 0 Å². The van der Waals surface area contributed by atoms with Gasteiger partial charge in [-0.05, 0) is 18.4 Å². The highest BCUT2D eigenvalue weighted by Gasteiger charge is 2.36. The van der Waals surface area contributed by atoms with E-state index in [0.717, 1.165) is 5.56 Å². The van der Waals surface area contributed by atoms with Crippen molar-refractivity contribution in [3.8, 4) is 0 Å². The summed E-state index contributed by atoms with van der Waals surface area (Å²) in [5.74, 6) is -1.65. The zero-order valence-electron chi connectivity index (χ0n) is 15.2. The maximum Gasteiger partial charge on any atom is 0.410 e. The number of aliphatic carboxylic acids is 1. The lowest BCUT2D eigenvalue weighted by molar-refractivity contribution is -0.142. The van der Waals surface area contributed by atoms with E-state index in [1.165, 1.54) is 17.4 Å². The minimum Gasteiger partial charge on any atom is -0.480 e. The molecule has 28 heavy (non-hydrogen) atoms. The van der Waals surface area contributed by atoms with Crippen LogP contribution in [0.2, 0.25) is 0 Å². The molecule has 2 unspecified atom stereocenters. The van der Waals surface area contributed by atoms with Crippen molar-refractivity contribution >= 4 is 18.0 Å². The number of carbonyl (C=O) groups is 3. The van der Waals surface area contributed by atoms with Crippen LogP contribution in [-0.4, -0.2) is 56.6 Å². The molecule has 2 atom stereocenters. The van der Waals surface area contributed by atoms with Gasteiger partial charge in [-0.1, -0.05) is 30.3 Å². The second-order valence-corrected chi connectivity index (χ2v) is 6.57. The van der Waals surface area contributed by atoms with Crippen molar-refractivity contribution in [2.45, 2.75) is 38.0 Å². The number of likely N-dealkylation sites (tertiary alicyclic amines) is 1. The zero-order valence-corrected chi connectivity index (χ0v) is 15.2. The monoisotopic (exact) mass is 386 g/mol. The number of carboxylic acid groups (broad SMARTS) is 1. The molecule has 1 aliphatic heterocycles. The molecule has 0 aliphatic carbocycles. The van der Waals surface area contributed by atoms with Gasteiger partial charge in [0.15, 0.2) is 0 Å². The number of hydrogen-bond acceptors (Lipinski definition) is 5. The van der Waals surface area contributed by atoms with E-state index in [-0.39, 0.29) is 13.0 Å². The number of imidazole rings is 1. The molecule has 2 aromatic rings. The van der Waals surface area contributed by atoms with Crippen molar-refractivity contribution in [3.05, 3.63) is 54.1 Å². The quantitative estimate of drug-likeness (QED) is 0.659. The Bertz CT molecular complexity index is 809. The lowest BCUT2D eigenvalue weighted by atomic mass is 10.1. The number of amides is 2. The lowest BCUT2D eigenvalue weighted by Crippen LogP contribution is -2.51. The minimum absolute atomic E-state index is 0.0756. The highest BCUT2D eigenvalue weighted by Crippen LogP contribution is 2.19. The Labute approximate surface area is 161 Å². The van der Waals surface area contributed by atoms with Crippen LogP contribution < -0.4 is 5.32 Å². The molecule has 1 aliphatic rings. The normalized spacial score (nSPS) is 17.1. The molecule has 1 fully saturated rings. The first kappa shape index (κ1) is 19.4. The van der Waals surface area contributed by atoms with Gasteiger partial charge in [0.2, 0.25) is 5.91 Å². The van der Waals surface area contributed by atoms with Crippen molar-refractivity contribution < 1.29 is 24.2 Å². The van der Waals surface area contributed by atoms with Gasteiger partial charge >= 0.3 is 12.1 Å². The van der Waals surface area contributed by atoms with Crippen LogP contribution in [0, 0.1) is 0 Å². The topological polar surface area (TPSA) is 125 Å². The Kier molecular flexibility index (Phi) is 6.25. The van der Waals surface area contributed by atoms with Crippen LogP contribution in [0.1, 0.15) is 24.1 Å². The molecule has 0 bridgehead atoms. The number of benzene rings is 1. The van der Waals surface area contributed by atoms with Gasteiger partial charge in [0.1, 0.15) is 18.7 Å². The summed E-state index contributed by atoms with van der Waals surface area (Å²) in [6.07, 6.45) is 3.55. The molecular formula is C19H22N4O5. The number of carbonyl (C=O) groups excluding carboxylic acids is 2. The van der Waals surface area contributed by atoms with Crippen LogP contribution in [0.4, 0.5) is 4.79 Å². The number of nitrogens with zero attached hydrogens (tertiary/aromatic N) is 2. The SMILES string of the molecule is O=C(O)C(Cc1cnc[nH]1)NC(=O)C1CCCN1C(=O)OCc1ccccc1. The minimum atomic E-state index is -1.15. The second kappa shape index (κ2) is 9.03. The van der Waals surface area contributed by atoms with Gasteiger partial charge < -0.3 is 20.1 Å². The van der Waals surface area contributed by atoms with Gasteiger partial charge in [0.05, 0.1) is 6.33 Å². The smallest absolute Gasteiger partial charge is 0.410 e. The number of aromatic amines is 1. The Hall–Kier alpha value is -3.36. The van der Waals surface area contributed by atoms with Crippen molar-refractivity contribution in [1.29, 1.82) is 0 Å². The molecule has 3 rings (SSSR count). The molecule has 0 spiro atoms. The molecule has 0 saturated carbocycles. The fourth-order valence-corrected chi connectivity index (χ4v) is 3.14. The molecule has 148 valence electrons. The summed E-state index contributed by atoms with van der Waals surface area (Å²) in [7, 11) is 0. The van der Waals surface area contributed by atoms with Crippen LogP contribution in [0.5, 0.6) is 0 Å². The zero-order chi connectivity index (χ0) is 19.9. The molecule has 1 aromatic carbocycles. The summed E-state index contributed by atoms with van der Waals surface area (Å²) in [6.45, 7) is 0.506. The first-order chi connectivity index (χ1) is 13.5. The first-order valence-electron chi connectivity index (χ1n) is 9.02. The van der Waals surface area contributed by atoms with E-state index in [2.05, 4.69) is 15.3 Å². The summed E-state index contributed by atoms with van der Waals surface area (Å²) in [4.78, 5) is 44.5. The van der Waals surface area contributed by atoms with Crippen molar-refractivity contribution in [1.82, 2.24) is 20.2 Å². The Morgan fingerprint density at radius 2 is 2.11 bits per heavy atom. The van der Waals surface area contributed by atoms with Crippen molar-refractivity contribution in [2.75, 3.05) is 6.54 Å². The van der Waals surface area contributed by atoms with Crippen molar-refractivity contribution in [3.63, 3.8) is 0 Å². The van der Waals surface area contributed by atoms with Crippen LogP contribution in [0.3, 0.4) is 0 Å². The average molecular weight is 386 g/mol. The Balaban J connectivity index is 1.58. The predicted molar refractivity (Wildman–Crippen MR) is 98.2 cm³/mol. The molecule has 2 amide bonds. The molecule has 2 heterocycles. The summed E-state index contributed by atoms with van der Waals surface area (Å²) >= 11 is 0. The van der Waals surface area contributed by atoms with E-state index in [1.54, 1.807) is 0 Å². The summed E-state index contributed by atoms with van der Waals surface area (Å²) in [5.41, 5.74) is 1.44. The number of nitrogens with one attached hydrogen (secondary N) is 2. The van der Waals surface area contributed by atoms with Gasteiger partial charge in [-0.25, -0.2) is 14.6 Å². The van der Waals surface area contributed by atoms with Gasteiger partial charge in [-0.3, -0.25) is 9.69 Å². The fourth-order valence-electron chi connectivity index (χ4n) is 3.14. The molecule has 1 aromatic heterocycles. The highest BCUT2D eigenvalue weighted by molar-refractivity contribution is 5.89. The third-order valence-corrected chi connectivity index (χ3v) is 4.59. The molecule has 9 nitrogen and oxygen atoms in total. The number of carboxylic acids is 1. The third kappa shape index (κ3) is 4.87. The maximum absolute atomic E-state index is 12.6. The standard InChI is InChI=1S/C19H22N4O5/c24-17(22-15(18(25)26)9-14-10-20-12-21-14)16-7-4-8-23(16)19(27)28-11-13-5-2-1-3-6-13/h1-3,5-6,10,12,15-16H,4,7-9,11H2,(H,20,21)(H,22,24)(H,25,26). The highest BCUT2D eigenvalue weighted by atomic mass is 16.6. The third-order valence-electron chi connectivity index (χ3n) is 4.59. The van der Waals surface area contributed by atoms with E-state index in [1.807, 2.05) is 30.3 Å². The first-order valence-corrected chi connectivity index (χ1v) is 9.02. The largest absolute Gasteiger partial charge is 0.480 e. The molecule has 0 radical (unpaired) electrons. The van der Waals surface area contributed by atoms with Gasteiger partial charge in [-0.2, -0.15) is 0 Å². The van der Waals surface area contributed by atoms with Gasteiger partial charge in [0.25, 0.3) is 0 Å². The van der Waals surface area contributed by atoms with E-state index in [0.29, 0.717) is 25.1 Å². The second-order valence-electron chi connectivity index (χ2n) is 6.57. The van der Waals surface area contributed by atoms with Gasteiger partial charge in [-0.15, -0.1) is 0 Å². The number of hydrogen-bond donors (Lipinski definition) is 3. The van der Waals surface area contributed by atoms with E-state index >= 15 is 0 Å². The summed E-state index contributed by atoms with van der Waals surface area (Å²) < 4.78 is 5.31. The Morgan fingerprint density at radius 1 is 1.32 bits per heavy atom. The number of H-pyrrole nitrogens is 1. The van der Waals surface area contributed by atoms with Crippen LogP contribution in [0.25, 0.3) is 0 Å². The van der Waals surface area contributed by atoms with Gasteiger partial charge in [0, 0.05) is 24.9 Å².